The van der Waals surface area contributed by atoms with Crippen molar-refractivity contribution in [2.24, 2.45) is 4.99 Å². The Labute approximate surface area is 186 Å². The highest BCUT2D eigenvalue weighted by atomic mass is 35.5. The first-order valence-electron chi connectivity index (χ1n) is 8.95. The van der Waals surface area contributed by atoms with Crippen LogP contribution in [0.25, 0.3) is 6.08 Å². The number of aliphatic imine (C=N–C) groups is 1. The van der Waals surface area contributed by atoms with Crippen molar-refractivity contribution in [1.29, 1.82) is 0 Å². The quantitative estimate of drug-likeness (QED) is 0.478. The summed E-state index contributed by atoms with van der Waals surface area (Å²) in [5, 5.41) is 6.50. The topological polar surface area (TPSA) is 80.8 Å². The number of aromatic nitrogens is 2. The van der Waals surface area contributed by atoms with Gasteiger partial charge in [0.05, 0.1) is 23.1 Å². The molecule has 1 aliphatic rings. The summed E-state index contributed by atoms with van der Waals surface area (Å²) in [4.78, 5) is 24.6. The van der Waals surface area contributed by atoms with Crippen LogP contribution in [0.15, 0.2) is 50.9 Å². The maximum absolute atomic E-state index is 13.2. The van der Waals surface area contributed by atoms with Crippen molar-refractivity contribution >= 4 is 57.5 Å². The average molecular weight is 461 g/mol. The van der Waals surface area contributed by atoms with Crippen LogP contribution < -0.4 is 9.64 Å². The van der Waals surface area contributed by atoms with Gasteiger partial charge >= 0.3 is 0 Å². The molecule has 3 heterocycles. The standard InChI is InChI=1S/C20H17ClN4O3S2/c1-11(18-22-12(2)24-28-18)30-20-23-16(10-14-5-4-8-29-14)19(26)25(20)13-6-7-17(27-3)15(21)9-13/h4-11H,1-3H3/b16-10+. The molecule has 0 spiro atoms. The molecule has 0 saturated carbocycles. The van der Waals surface area contributed by atoms with Crippen LogP contribution in [0.3, 0.4) is 0 Å². The van der Waals surface area contributed by atoms with Gasteiger partial charge in [-0.05, 0) is 49.6 Å². The van der Waals surface area contributed by atoms with E-state index in [-0.39, 0.29) is 11.2 Å². The van der Waals surface area contributed by atoms with Crippen LogP contribution in [0.5, 0.6) is 5.75 Å². The Balaban J connectivity index is 1.71. The van der Waals surface area contributed by atoms with Crippen molar-refractivity contribution in [2.45, 2.75) is 19.1 Å². The summed E-state index contributed by atoms with van der Waals surface area (Å²) in [5.74, 6) is 1.32. The summed E-state index contributed by atoms with van der Waals surface area (Å²) in [6.45, 7) is 3.68. The van der Waals surface area contributed by atoms with Gasteiger partial charge < -0.3 is 9.26 Å². The van der Waals surface area contributed by atoms with Crippen LogP contribution in [-0.2, 0) is 4.79 Å². The molecule has 3 aromatic rings. The zero-order valence-electron chi connectivity index (χ0n) is 16.3. The second-order valence-electron chi connectivity index (χ2n) is 6.34. The smallest absolute Gasteiger partial charge is 0.283 e. The molecular weight excluding hydrogens is 444 g/mol. The predicted molar refractivity (Wildman–Crippen MR) is 120 cm³/mol. The van der Waals surface area contributed by atoms with Gasteiger partial charge in [0.2, 0.25) is 5.89 Å². The van der Waals surface area contributed by atoms with Crippen LogP contribution in [0.4, 0.5) is 5.69 Å². The Hall–Kier alpha value is -2.62. The number of amides is 1. The van der Waals surface area contributed by atoms with Crippen LogP contribution in [0.1, 0.15) is 28.8 Å². The Morgan fingerprint density at radius 3 is 2.83 bits per heavy atom. The van der Waals surface area contributed by atoms with Crippen molar-refractivity contribution in [3.05, 3.63) is 63.0 Å². The van der Waals surface area contributed by atoms with Crippen molar-refractivity contribution < 1.29 is 14.1 Å². The normalized spacial score (nSPS) is 16.3. The molecule has 1 aromatic carbocycles. The highest BCUT2D eigenvalue weighted by Crippen LogP contribution is 2.38. The Morgan fingerprint density at radius 2 is 2.20 bits per heavy atom. The highest BCUT2D eigenvalue weighted by molar-refractivity contribution is 8.14. The molecule has 0 N–H and O–H groups in total. The van der Waals surface area contributed by atoms with E-state index in [0.29, 0.717) is 39.0 Å². The molecule has 0 bridgehead atoms. The van der Waals surface area contributed by atoms with Crippen molar-refractivity contribution in [3.8, 4) is 5.75 Å². The zero-order valence-corrected chi connectivity index (χ0v) is 18.7. The molecule has 0 fully saturated rings. The molecule has 10 heteroatoms. The third-order valence-electron chi connectivity index (χ3n) is 4.22. The fourth-order valence-electron chi connectivity index (χ4n) is 2.79. The number of thiophene rings is 1. The van der Waals surface area contributed by atoms with Gasteiger partial charge in [-0.1, -0.05) is 34.6 Å². The summed E-state index contributed by atoms with van der Waals surface area (Å²) < 4.78 is 10.5. The Kier molecular flexibility index (Phi) is 5.94. The van der Waals surface area contributed by atoms with E-state index in [4.69, 9.17) is 20.9 Å². The molecule has 7 nitrogen and oxygen atoms in total. The lowest BCUT2D eigenvalue weighted by Crippen LogP contribution is -2.30. The third-order valence-corrected chi connectivity index (χ3v) is 6.37. The van der Waals surface area contributed by atoms with E-state index >= 15 is 0 Å². The summed E-state index contributed by atoms with van der Waals surface area (Å²) in [5.41, 5.74) is 0.946. The Morgan fingerprint density at radius 1 is 1.37 bits per heavy atom. The number of aryl methyl sites for hydroxylation is 1. The van der Waals surface area contributed by atoms with Gasteiger partial charge in [-0.25, -0.2) is 4.99 Å². The first-order valence-corrected chi connectivity index (χ1v) is 11.1. The SMILES string of the molecule is COc1ccc(N2C(=O)/C(=C\c3cccs3)N=C2SC(C)c2nc(C)no2)cc1Cl. The van der Waals surface area contributed by atoms with Crippen LogP contribution in [-0.4, -0.2) is 28.3 Å². The minimum absolute atomic E-state index is 0.199. The fourth-order valence-corrected chi connectivity index (χ4v) is 4.65. The van der Waals surface area contributed by atoms with Crippen molar-refractivity contribution in [1.82, 2.24) is 10.1 Å². The number of carbonyl (C=O) groups excluding carboxylic acids is 1. The number of rotatable bonds is 5. The summed E-state index contributed by atoms with van der Waals surface area (Å²) in [7, 11) is 1.54. The number of anilines is 1. The van der Waals surface area contributed by atoms with E-state index in [9.17, 15) is 4.79 Å². The fraction of sp³-hybridized carbons (Fsp3) is 0.200. The maximum Gasteiger partial charge on any atom is 0.283 e. The van der Waals surface area contributed by atoms with Gasteiger partial charge in [-0.2, -0.15) is 4.98 Å². The molecule has 1 aliphatic heterocycles. The molecule has 30 heavy (non-hydrogen) atoms. The molecular formula is C20H17ClN4O3S2. The first kappa shape index (κ1) is 20.6. The largest absolute Gasteiger partial charge is 0.495 e. The number of hydrogen-bond acceptors (Lipinski definition) is 8. The summed E-state index contributed by atoms with van der Waals surface area (Å²) in [6.07, 6.45) is 1.78. The van der Waals surface area contributed by atoms with E-state index in [0.717, 1.165) is 4.88 Å². The number of ether oxygens (including phenoxy) is 1. The second kappa shape index (κ2) is 8.63. The number of halogens is 1. The third kappa shape index (κ3) is 4.14. The van der Waals surface area contributed by atoms with E-state index in [1.165, 1.54) is 28.0 Å². The zero-order chi connectivity index (χ0) is 21.3. The Bertz CT molecular complexity index is 1140. The molecule has 0 saturated heterocycles. The lowest BCUT2D eigenvalue weighted by molar-refractivity contribution is -0.113. The minimum atomic E-state index is -0.235. The molecule has 2 aromatic heterocycles. The number of methoxy groups -OCH3 is 1. The van der Waals surface area contributed by atoms with Crippen LogP contribution in [0, 0.1) is 6.92 Å². The van der Waals surface area contributed by atoms with E-state index in [1.54, 1.807) is 38.3 Å². The average Bonchev–Trinajstić information content (AvgIpc) is 3.44. The van der Waals surface area contributed by atoms with Gasteiger partial charge in [-0.15, -0.1) is 11.3 Å². The summed E-state index contributed by atoms with van der Waals surface area (Å²) >= 11 is 9.20. The number of amidine groups is 1. The van der Waals surface area contributed by atoms with E-state index < -0.39 is 0 Å². The lowest BCUT2D eigenvalue weighted by Gasteiger charge is -2.19. The molecule has 0 radical (unpaired) electrons. The van der Waals surface area contributed by atoms with Crippen LogP contribution >= 0.6 is 34.7 Å². The first-order chi connectivity index (χ1) is 14.5. The number of carbonyl (C=O) groups is 1. The second-order valence-corrected chi connectivity index (χ2v) is 9.03. The number of nitrogens with zero attached hydrogens (tertiary/aromatic N) is 4. The van der Waals surface area contributed by atoms with E-state index in [1.807, 2.05) is 24.4 Å². The van der Waals surface area contributed by atoms with E-state index in [2.05, 4.69) is 15.1 Å². The number of benzene rings is 1. The predicted octanol–water partition coefficient (Wildman–Crippen LogP) is 5.34. The van der Waals surface area contributed by atoms with Crippen molar-refractivity contribution in [2.75, 3.05) is 12.0 Å². The monoisotopic (exact) mass is 460 g/mol. The molecule has 154 valence electrons. The molecule has 1 atom stereocenters. The van der Waals surface area contributed by atoms with Gasteiger partial charge in [0.15, 0.2) is 11.0 Å². The number of thioether (sulfide) groups is 1. The van der Waals surface area contributed by atoms with Gasteiger partial charge in [0, 0.05) is 4.88 Å². The van der Waals surface area contributed by atoms with Gasteiger partial charge in [-0.3, -0.25) is 9.69 Å². The van der Waals surface area contributed by atoms with Crippen molar-refractivity contribution in [3.63, 3.8) is 0 Å². The lowest BCUT2D eigenvalue weighted by atomic mass is 10.2. The summed E-state index contributed by atoms with van der Waals surface area (Å²) in [6, 6.07) is 9.04. The molecule has 0 aliphatic carbocycles. The van der Waals surface area contributed by atoms with Gasteiger partial charge in [0.1, 0.15) is 11.4 Å². The molecule has 1 unspecified atom stereocenters. The maximum atomic E-state index is 13.2. The molecule has 4 rings (SSSR count). The minimum Gasteiger partial charge on any atom is -0.495 e. The highest BCUT2D eigenvalue weighted by Gasteiger charge is 2.34. The number of hydrogen-bond donors (Lipinski definition) is 0. The molecule has 1 amide bonds. The van der Waals surface area contributed by atoms with Crippen LogP contribution in [0.2, 0.25) is 5.02 Å². The van der Waals surface area contributed by atoms with Gasteiger partial charge in [0.25, 0.3) is 5.91 Å².